The second-order valence-electron chi connectivity index (χ2n) is 6.72. The monoisotopic (exact) mass is 350 g/mol. The van der Waals surface area contributed by atoms with Crippen LogP contribution in [0.2, 0.25) is 0 Å². The fourth-order valence-corrected chi connectivity index (χ4v) is 3.62. The first kappa shape index (κ1) is 16.4. The molecule has 4 rings (SSSR count). The minimum absolute atomic E-state index is 0.0193. The van der Waals surface area contributed by atoms with E-state index in [4.69, 9.17) is 0 Å². The molecule has 26 heavy (non-hydrogen) atoms. The highest BCUT2D eigenvalue weighted by molar-refractivity contribution is 5.94. The lowest BCUT2D eigenvalue weighted by Crippen LogP contribution is -2.51. The van der Waals surface area contributed by atoms with Crippen molar-refractivity contribution >= 4 is 22.7 Å². The third-order valence-electron chi connectivity index (χ3n) is 5.12. The Hall–Kier alpha value is -3.02. The van der Waals surface area contributed by atoms with Crippen molar-refractivity contribution in [3.63, 3.8) is 0 Å². The maximum absolute atomic E-state index is 12.8. The van der Waals surface area contributed by atoms with Crippen LogP contribution in [0.15, 0.2) is 42.7 Å². The molecule has 6 nitrogen and oxygen atoms in total. The number of nitrogens with one attached hydrogen (secondary N) is 2. The summed E-state index contributed by atoms with van der Waals surface area (Å²) in [5, 5.41) is 1.11. The van der Waals surface area contributed by atoms with Crippen LogP contribution in [0.25, 0.3) is 10.9 Å². The summed E-state index contributed by atoms with van der Waals surface area (Å²) in [4.78, 5) is 35.1. The zero-order valence-corrected chi connectivity index (χ0v) is 14.8. The van der Waals surface area contributed by atoms with Gasteiger partial charge in [0.05, 0.1) is 12.0 Å². The molecule has 0 atom stereocenters. The molecule has 1 fully saturated rings. The van der Waals surface area contributed by atoms with Gasteiger partial charge in [-0.1, -0.05) is 18.2 Å². The second kappa shape index (κ2) is 6.71. The molecule has 1 aromatic carbocycles. The van der Waals surface area contributed by atoms with Crippen LogP contribution in [-0.4, -0.2) is 57.8 Å². The summed E-state index contributed by atoms with van der Waals surface area (Å²) in [6.07, 6.45) is 3.85. The largest absolute Gasteiger partial charge is 0.367 e. The van der Waals surface area contributed by atoms with Gasteiger partial charge in [0.2, 0.25) is 5.91 Å². The molecule has 1 aliphatic rings. The van der Waals surface area contributed by atoms with Gasteiger partial charge in [-0.25, -0.2) is 0 Å². The average Bonchev–Trinajstić information content (AvgIpc) is 3.30. The van der Waals surface area contributed by atoms with Gasteiger partial charge in [-0.05, 0) is 24.6 Å². The molecule has 3 heterocycles. The number of para-hydroxylation sites is 1. The standard InChI is InChI=1S/C20H22N4O2/c1-14-17(16-4-2-3-5-18(16)22-14)12-19(25)23-8-10-24(11-9-23)20(26)15-6-7-21-13-15/h2-7,13,21-22H,8-12H2,1H3. The minimum Gasteiger partial charge on any atom is -0.367 e. The van der Waals surface area contributed by atoms with E-state index in [-0.39, 0.29) is 11.8 Å². The number of amides is 2. The topological polar surface area (TPSA) is 72.2 Å². The molecule has 6 heteroatoms. The van der Waals surface area contributed by atoms with Gasteiger partial charge >= 0.3 is 0 Å². The molecule has 2 amide bonds. The van der Waals surface area contributed by atoms with Gasteiger partial charge in [-0.2, -0.15) is 0 Å². The molecule has 1 aliphatic heterocycles. The maximum Gasteiger partial charge on any atom is 0.255 e. The van der Waals surface area contributed by atoms with Crippen LogP contribution in [0.4, 0.5) is 0 Å². The molecule has 134 valence electrons. The zero-order valence-electron chi connectivity index (χ0n) is 14.8. The lowest BCUT2D eigenvalue weighted by molar-refractivity contribution is -0.131. The highest BCUT2D eigenvalue weighted by Crippen LogP contribution is 2.23. The van der Waals surface area contributed by atoms with Gasteiger partial charge in [-0.3, -0.25) is 9.59 Å². The molecule has 0 bridgehead atoms. The summed E-state index contributed by atoms with van der Waals surface area (Å²) in [6, 6.07) is 9.84. The van der Waals surface area contributed by atoms with Crippen molar-refractivity contribution in [1.29, 1.82) is 0 Å². The number of aryl methyl sites for hydroxylation is 1. The number of carbonyl (C=O) groups excluding carboxylic acids is 2. The number of benzene rings is 1. The number of H-pyrrole nitrogens is 2. The molecule has 0 saturated carbocycles. The first-order valence-electron chi connectivity index (χ1n) is 8.89. The molecule has 2 N–H and O–H groups in total. The summed E-state index contributed by atoms with van der Waals surface area (Å²) in [5.41, 5.74) is 3.84. The molecule has 0 radical (unpaired) electrons. The summed E-state index contributed by atoms with van der Waals surface area (Å²) >= 11 is 0. The van der Waals surface area contributed by atoms with Crippen LogP contribution in [0.5, 0.6) is 0 Å². The van der Waals surface area contributed by atoms with E-state index in [0.717, 1.165) is 22.2 Å². The molecular weight excluding hydrogens is 328 g/mol. The van der Waals surface area contributed by atoms with Gasteiger partial charge in [0.1, 0.15) is 0 Å². The number of hydrogen-bond donors (Lipinski definition) is 2. The van der Waals surface area contributed by atoms with Crippen molar-refractivity contribution in [2.24, 2.45) is 0 Å². The van der Waals surface area contributed by atoms with E-state index in [0.29, 0.717) is 38.2 Å². The Morgan fingerprint density at radius 2 is 1.77 bits per heavy atom. The zero-order chi connectivity index (χ0) is 18.1. The first-order valence-corrected chi connectivity index (χ1v) is 8.89. The quantitative estimate of drug-likeness (QED) is 0.761. The molecule has 0 aliphatic carbocycles. The predicted octanol–water partition coefficient (Wildman–Crippen LogP) is 2.33. The number of hydrogen-bond acceptors (Lipinski definition) is 2. The van der Waals surface area contributed by atoms with E-state index >= 15 is 0 Å². The maximum atomic E-state index is 12.8. The number of aromatic amines is 2. The van der Waals surface area contributed by atoms with Crippen LogP contribution in [0.3, 0.4) is 0 Å². The van der Waals surface area contributed by atoms with Crippen molar-refractivity contribution in [1.82, 2.24) is 19.8 Å². The van der Waals surface area contributed by atoms with Crippen LogP contribution in [0, 0.1) is 6.92 Å². The Morgan fingerprint density at radius 1 is 1.04 bits per heavy atom. The van der Waals surface area contributed by atoms with E-state index in [1.165, 1.54) is 0 Å². The normalized spacial score (nSPS) is 14.8. The lowest BCUT2D eigenvalue weighted by Gasteiger charge is -2.34. The fraction of sp³-hybridized carbons (Fsp3) is 0.300. The number of nitrogens with zero attached hydrogens (tertiary/aromatic N) is 2. The van der Waals surface area contributed by atoms with Gasteiger partial charge in [0, 0.05) is 55.2 Å². The summed E-state index contributed by atoms with van der Waals surface area (Å²) in [7, 11) is 0. The van der Waals surface area contributed by atoms with Crippen LogP contribution >= 0.6 is 0 Å². The molecule has 0 spiro atoms. The Balaban J connectivity index is 1.41. The molecular formula is C20H22N4O2. The molecule has 2 aromatic heterocycles. The smallest absolute Gasteiger partial charge is 0.255 e. The van der Waals surface area contributed by atoms with Crippen LogP contribution < -0.4 is 0 Å². The summed E-state index contributed by atoms with van der Waals surface area (Å²) < 4.78 is 0. The van der Waals surface area contributed by atoms with Crippen molar-refractivity contribution < 1.29 is 9.59 Å². The van der Waals surface area contributed by atoms with Crippen LogP contribution in [-0.2, 0) is 11.2 Å². The number of carbonyl (C=O) groups is 2. The SMILES string of the molecule is Cc1[nH]c2ccccc2c1CC(=O)N1CCN(C(=O)c2cc[nH]c2)CC1. The first-order chi connectivity index (χ1) is 12.6. The number of piperazine rings is 1. The van der Waals surface area contributed by atoms with E-state index in [9.17, 15) is 9.59 Å². The highest BCUT2D eigenvalue weighted by atomic mass is 16.2. The number of aromatic nitrogens is 2. The Kier molecular flexibility index (Phi) is 4.24. The third-order valence-corrected chi connectivity index (χ3v) is 5.12. The van der Waals surface area contributed by atoms with Gasteiger partial charge in [-0.15, -0.1) is 0 Å². The Bertz CT molecular complexity index is 934. The molecule has 0 unspecified atom stereocenters. The van der Waals surface area contributed by atoms with Crippen molar-refractivity contribution in [3.8, 4) is 0 Å². The highest BCUT2D eigenvalue weighted by Gasteiger charge is 2.25. The van der Waals surface area contributed by atoms with Crippen molar-refractivity contribution in [2.45, 2.75) is 13.3 Å². The van der Waals surface area contributed by atoms with E-state index in [2.05, 4.69) is 16.0 Å². The van der Waals surface area contributed by atoms with Gasteiger partial charge in [0.15, 0.2) is 0 Å². The number of fused-ring (bicyclic) bond motifs is 1. The molecule has 1 saturated heterocycles. The van der Waals surface area contributed by atoms with Crippen molar-refractivity contribution in [3.05, 3.63) is 59.5 Å². The average molecular weight is 350 g/mol. The van der Waals surface area contributed by atoms with Gasteiger partial charge < -0.3 is 19.8 Å². The lowest BCUT2D eigenvalue weighted by atomic mass is 10.1. The van der Waals surface area contributed by atoms with Crippen molar-refractivity contribution in [2.75, 3.05) is 26.2 Å². The number of rotatable bonds is 3. The Morgan fingerprint density at radius 3 is 2.50 bits per heavy atom. The second-order valence-corrected chi connectivity index (χ2v) is 6.72. The van der Waals surface area contributed by atoms with E-state index < -0.39 is 0 Å². The summed E-state index contributed by atoms with van der Waals surface area (Å²) in [5.74, 6) is 0.136. The van der Waals surface area contributed by atoms with E-state index in [1.54, 1.807) is 18.5 Å². The van der Waals surface area contributed by atoms with Gasteiger partial charge in [0.25, 0.3) is 5.91 Å². The predicted molar refractivity (Wildman–Crippen MR) is 100 cm³/mol. The fourth-order valence-electron chi connectivity index (χ4n) is 3.62. The van der Waals surface area contributed by atoms with E-state index in [1.807, 2.05) is 34.9 Å². The summed E-state index contributed by atoms with van der Waals surface area (Å²) in [6.45, 7) is 4.31. The minimum atomic E-state index is 0.0193. The molecule has 3 aromatic rings. The third kappa shape index (κ3) is 2.98. The van der Waals surface area contributed by atoms with Crippen LogP contribution in [0.1, 0.15) is 21.6 Å². The Labute approximate surface area is 151 Å².